The van der Waals surface area contributed by atoms with Gasteiger partial charge in [-0.2, -0.15) is 0 Å². The number of aryl methyl sites for hydroxylation is 1. The number of hydrogen-bond acceptors (Lipinski definition) is 4. The molecule has 1 aliphatic rings. The van der Waals surface area contributed by atoms with Gasteiger partial charge in [-0.3, -0.25) is 9.69 Å². The standard InChI is InChI=1S/C21H22N2O2S/c1-4-16-8-6-7-9-18(16)22-21-23(3)20(24)19(26-21)14-15-10-12-17(13-11-15)25-5-2/h6-14H,4-5H2,1-3H3/b19-14+,22-21?. The van der Waals surface area contributed by atoms with Crippen molar-refractivity contribution in [1.29, 1.82) is 0 Å². The lowest BCUT2D eigenvalue weighted by Crippen LogP contribution is -2.23. The van der Waals surface area contributed by atoms with E-state index in [2.05, 4.69) is 13.0 Å². The SMILES string of the molecule is CCOc1ccc(/C=C2/SC(=Nc3ccccc3CC)N(C)C2=O)cc1. The van der Waals surface area contributed by atoms with E-state index in [-0.39, 0.29) is 5.91 Å². The summed E-state index contributed by atoms with van der Waals surface area (Å²) in [7, 11) is 1.77. The molecule has 134 valence electrons. The quantitative estimate of drug-likeness (QED) is 0.708. The predicted octanol–water partition coefficient (Wildman–Crippen LogP) is 4.88. The van der Waals surface area contributed by atoms with E-state index in [1.54, 1.807) is 11.9 Å². The third-order valence-corrected chi connectivity index (χ3v) is 5.14. The van der Waals surface area contributed by atoms with Crippen LogP contribution in [0.5, 0.6) is 5.75 Å². The van der Waals surface area contributed by atoms with Gasteiger partial charge in [0.05, 0.1) is 17.2 Å². The summed E-state index contributed by atoms with van der Waals surface area (Å²) in [5, 5.41) is 0.702. The average molecular weight is 366 g/mol. The number of rotatable bonds is 5. The molecular formula is C21H22N2O2S. The van der Waals surface area contributed by atoms with Crippen LogP contribution in [-0.2, 0) is 11.2 Å². The van der Waals surface area contributed by atoms with E-state index >= 15 is 0 Å². The lowest BCUT2D eigenvalue weighted by molar-refractivity contribution is -0.121. The molecule has 0 atom stereocenters. The van der Waals surface area contributed by atoms with Gasteiger partial charge >= 0.3 is 0 Å². The molecule has 0 aliphatic carbocycles. The second-order valence-corrected chi connectivity index (χ2v) is 6.86. The molecule has 1 saturated heterocycles. The van der Waals surface area contributed by atoms with Gasteiger partial charge in [0.2, 0.25) is 0 Å². The van der Waals surface area contributed by atoms with Gasteiger partial charge in [0.1, 0.15) is 5.75 Å². The van der Waals surface area contributed by atoms with Gasteiger partial charge in [-0.1, -0.05) is 37.3 Å². The van der Waals surface area contributed by atoms with Gasteiger partial charge < -0.3 is 4.74 Å². The van der Waals surface area contributed by atoms with Crippen LogP contribution in [0.4, 0.5) is 5.69 Å². The zero-order chi connectivity index (χ0) is 18.5. The molecule has 0 N–H and O–H groups in total. The van der Waals surface area contributed by atoms with Gasteiger partial charge in [-0.05, 0) is 60.5 Å². The first-order valence-corrected chi connectivity index (χ1v) is 9.51. The number of carbonyl (C=O) groups excluding carboxylic acids is 1. The van der Waals surface area contributed by atoms with E-state index in [1.807, 2.05) is 55.5 Å². The Morgan fingerprint density at radius 2 is 1.85 bits per heavy atom. The van der Waals surface area contributed by atoms with Gasteiger partial charge in [0.15, 0.2) is 5.17 Å². The lowest BCUT2D eigenvalue weighted by Gasteiger charge is -2.08. The van der Waals surface area contributed by atoms with Crippen LogP contribution in [0.15, 0.2) is 58.4 Å². The summed E-state index contributed by atoms with van der Waals surface area (Å²) in [5.41, 5.74) is 3.05. The number of ether oxygens (including phenoxy) is 1. The monoisotopic (exact) mass is 366 g/mol. The molecule has 1 aliphatic heterocycles. The maximum Gasteiger partial charge on any atom is 0.266 e. The first-order valence-electron chi connectivity index (χ1n) is 8.69. The van der Waals surface area contributed by atoms with Crippen molar-refractivity contribution in [2.45, 2.75) is 20.3 Å². The first kappa shape index (κ1) is 18.3. The summed E-state index contributed by atoms with van der Waals surface area (Å²) >= 11 is 1.41. The van der Waals surface area contributed by atoms with E-state index in [4.69, 9.17) is 9.73 Å². The van der Waals surface area contributed by atoms with Crippen LogP contribution in [-0.4, -0.2) is 29.6 Å². The molecule has 0 bridgehead atoms. The molecule has 2 aromatic rings. The smallest absolute Gasteiger partial charge is 0.266 e. The van der Waals surface area contributed by atoms with E-state index in [0.717, 1.165) is 23.4 Å². The number of hydrogen-bond donors (Lipinski definition) is 0. The number of para-hydroxylation sites is 1. The Hall–Kier alpha value is -2.53. The van der Waals surface area contributed by atoms with Crippen molar-refractivity contribution in [2.75, 3.05) is 13.7 Å². The Morgan fingerprint density at radius 3 is 2.54 bits per heavy atom. The Morgan fingerprint density at radius 1 is 1.12 bits per heavy atom. The molecule has 3 rings (SSSR count). The molecule has 0 radical (unpaired) electrons. The number of benzene rings is 2. The highest BCUT2D eigenvalue weighted by atomic mass is 32.2. The van der Waals surface area contributed by atoms with Crippen molar-refractivity contribution in [3.8, 4) is 5.75 Å². The molecule has 4 nitrogen and oxygen atoms in total. The fourth-order valence-electron chi connectivity index (χ4n) is 2.65. The molecule has 1 heterocycles. The van der Waals surface area contributed by atoms with Crippen LogP contribution in [0.3, 0.4) is 0 Å². The predicted molar refractivity (Wildman–Crippen MR) is 109 cm³/mol. The van der Waals surface area contributed by atoms with Gasteiger partial charge in [-0.15, -0.1) is 0 Å². The van der Waals surface area contributed by atoms with Gasteiger partial charge in [0.25, 0.3) is 5.91 Å². The molecule has 0 aromatic heterocycles. The molecule has 0 saturated carbocycles. The second-order valence-electron chi connectivity index (χ2n) is 5.85. The van der Waals surface area contributed by atoms with Crippen molar-refractivity contribution in [1.82, 2.24) is 4.90 Å². The highest BCUT2D eigenvalue weighted by Gasteiger charge is 2.30. The summed E-state index contributed by atoms with van der Waals surface area (Å²) in [6.45, 7) is 4.70. The summed E-state index contributed by atoms with van der Waals surface area (Å²) in [6, 6.07) is 15.8. The molecule has 1 fully saturated rings. The Labute approximate surface area is 158 Å². The van der Waals surface area contributed by atoms with E-state index < -0.39 is 0 Å². The second kappa shape index (κ2) is 8.23. The highest BCUT2D eigenvalue weighted by Crippen LogP contribution is 2.34. The number of amidine groups is 1. The third-order valence-electron chi connectivity index (χ3n) is 4.08. The number of carbonyl (C=O) groups is 1. The zero-order valence-electron chi connectivity index (χ0n) is 15.2. The lowest BCUT2D eigenvalue weighted by atomic mass is 10.1. The van der Waals surface area contributed by atoms with Crippen molar-refractivity contribution >= 4 is 34.6 Å². The van der Waals surface area contributed by atoms with Crippen LogP contribution in [0, 0.1) is 0 Å². The van der Waals surface area contributed by atoms with Gasteiger partial charge in [0, 0.05) is 7.05 Å². The minimum atomic E-state index is -0.0309. The zero-order valence-corrected chi connectivity index (χ0v) is 16.0. The van der Waals surface area contributed by atoms with Crippen LogP contribution < -0.4 is 4.74 Å². The summed E-state index contributed by atoms with van der Waals surface area (Å²) < 4.78 is 5.45. The maximum absolute atomic E-state index is 12.6. The molecule has 0 unspecified atom stereocenters. The van der Waals surface area contributed by atoms with Crippen LogP contribution in [0.25, 0.3) is 6.08 Å². The van der Waals surface area contributed by atoms with Crippen molar-refractivity contribution < 1.29 is 9.53 Å². The number of aliphatic imine (C=N–C) groups is 1. The van der Waals surface area contributed by atoms with Crippen LogP contribution in [0.1, 0.15) is 25.0 Å². The molecular weight excluding hydrogens is 344 g/mol. The fourth-order valence-corrected chi connectivity index (χ4v) is 3.63. The topological polar surface area (TPSA) is 41.9 Å². The highest BCUT2D eigenvalue weighted by molar-refractivity contribution is 8.18. The number of thioether (sulfide) groups is 1. The molecule has 2 aromatic carbocycles. The van der Waals surface area contributed by atoms with E-state index in [0.29, 0.717) is 16.7 Å². The minimum absolute atomic E-state index is 0.0309. The molecule has 26 heavy (non-hydrogen) atoms. The largest absolute Gasteiger partial charge is 0.494 e. The van der Waals surface area contributed by atoms with Crippen molar-refractivity contribution in [3.05, 3.63) is 64.6 Å². The molecule has 1 amide bonds. The molecule has 0 spiro atoms. The number of nitrogens with zero attached hydrogens (tertiary/aromatic N) is 2. The van der Waals surface area contributed by atoms with Crippen molar-refractivity contribution in [2.24, 2.45) is 4.99 Å². The summed E-state index contributed by atoms with van der Waals surface area (Å²) in [4.78, 5) is 19.6. The Kier molecular flexibility index (Phi) is 5.78. The van der Waals surface area contributed by atoms with E-state index in [9.17, 15) is 4.79 Å². The third kappa shape index (κ3) is 3.99. The van der Waals surface area contributed by atoms with Gasteiger partial charge in [-0.25, -0.2) is 4.99 Å². The maximum atomic E-state index is 12.6. The Balaban J connectivity index is 1.85. The summed E-state index contributed by atoms with van der Waals surface area (Å²) in [6.07, 6.45) is 2.80. The Bertz CT molecular complexity index is 857. The normalized spacial score (nSPS) is 17.3. The summed E-state index contributed by atoms with van der Waals surface area (Å²) in [5.74, 6) is 0.798. The number of amides is 1. The average Bonchev–Trinajstić information content (AvgIpc) is 2.92. The van der Waals surface area contributed by atoms with E-state index in [1.165, 1.54) is 17.3 Å². The molecule has 5 heteroatoms. The fraction of sp³-hybridized carbons (Fsp3) is 0.238. The number of likely N-dealkylation sites (N-methyl/N-ethyl adjacent to an activating group) is 1. The van der Waals surface area contributed by atoms with Crippen molar-refractivity contribution in [3.63, 3.8) is 0 Å². The first-order chi connectivity index (χ1) is 12.6. The minimum Gasteiger partial charge on any atom is -0.494 e. The van der Waals surface area contributed by atoms with Crippen LogP contribution in [0.2, 0.25) is 0 Å². The van der Waals surface area contributed by atoms with Crippen LogP contribution >= 0.6 is 11.8 Å².